The number of aromatic nitrogens is 2. The molecule has 4 rings (SSSR count). The van der Waals surface area contributed by atoms with Crippen molar-refractivity contribution >= 4 is 15.9 Å². The molecule has 0 radical (unpaired) electrons. The van der Waals surface area contributed by atoms with Crippen molar-refractivity contribution in [2.45, 2.75) is 19.5 Å². The molecule has 0 amide bonds. The van der Waals surface area contributed by atoms with E-state index in [0.29, 0.717) is 5.82 Å². The lowest BCUT2D eigenvalue weighted by molar-refractivity contribution is 0.242. The maximum atomic E-state index is 5.38. The number of rotatable bonds is 3. The first-order valence-electron chi connectivity index (χ1n) is 7.64. The van der Waals surface area contributed by atoms with Crippen LogP contribution in [0, 0.1) is 0 Å². The topological polar surface area (TPSA) is 42.2 Å². The third kappa shape index (κ3) is 3.07. The van der Waals surface area contributed by atoms with Crippen LogP contribution in [0.15, 0.2) is 57.7 Å². The molecule has 0 fully saturated rings. The average molecular weight is 370 g/mol. The number of nitrogens with zero attached hydrogens (tertiary/aromatic N) is 3. The van der Waals surface area contributed by atoms with Crippen molar-refractivity contribution < 1.29 is 4.42 Å². The third-order valence-corrected chi connectivity index (χ3v) is 4.88. The molecular weight excluding hydrogens is 354 g/mol. The van der Waals surface area contributed by atoms with Gasteiger partial charge in [-0.05, 0) is 23.8 Å². The van der Waals surface area contributed by atoms with E-state index in [0.717, 1.165) is 42.0 Å². The standard InChI is InChI=1S/C18H16BrN3O/c19-15-5-2-1-4-13(15)11-22-8-7-16-14(12-22)10-20-18(21-16)17-6-3-9-23-17/h1-6,9-10H,7-8,11-12H2. The second-order valence-electron chi connectivity index (χ2n) is 5.69. The van der Waals surface area contributed by atoms with Crippen LogP contribution >= 0.6 is 15.9 Å². The smallest absolute Gasteiger partial charge is 0.195 e. The summed E-state index contributed by atoms with van der Waals surface area (Å²) in [6, 6.07) is 12.1. The zero-order valence-electron chi connectivity index (χ0n) is 12.6. The van der Waals surface area contributed by atoms with E-state index in [2.05, 4.69) is 49.0 Å². The molecule has 0 aliphatic carbocycles. The van der Waals surface area contributed by atoms with Crippen LogP contribution in [0.25, 0.3) is 11.6 Å². The largest absolute Gasteiger partial charge is 0.461 e. The predicted molar refractivity (Wildman–Crippen MR) is 91.7 cm³/mol. The number of hydrogen-bond donors (Lipinski definition) is 0. The van der Waals surface area contributed by atoms with E-state index in [1.807, 2.05) is 24.4 Å². The van der Waals surface area contributed by atoms with Gasteiger partial charge in [0.05, 0.1) is 12.0 Å². The maximum absolute atomic E-state index is 5.38. The molecule has 0 N–H and O–H groups in total. The highest BCUT2D eigenvalue weighted by Gasteiger charge is 2.19. The van der Waals surface area contributed by atoms with Crippen LogP contribution in [0.2, 0.25) is 0 Å². The van der Waals surface area contributed by atoms with Crippen molar-refractivity contribution in [3.63, 3.8) is 0 Å². The van der Waals surface area contributed by atoms with Crippen molar-refractivity contribution in [3.8, 4) is 11.6 Å². The molecule has 2 aromatic heterocycles. The third-order valence-electron chi connectivity index (χ3n) is 4.11. The number of hydrogen-bond acceptors (Lipinski definition) is 4. The first-order valence-corrected chi connectivity index (χ1v) is 8.43. The Morgan fingerprint density at radius 3 is 2.91 bits per heavy atom. The Morgan fingerprint density at radius 2 is 2.09 bits per heavy atom. The maximum Gasteiger partial charge on any atom is 0.195 e. The van der Waals surface area contributed by atoms with E-state index >= 15 is 0 Å². The minimum atomic E-state index is 0.674. The minimum Gasteiger partial charge on any atom is -0.461 e. The van der Waals surface area contributed by atoms with Crippen LogP contribution in [-0.4, -0.2) is 21.4 Å². The summed E-state index contributed by atoms with van der Waals surface area (Å²) in [6.45, 7) is 2.82. The highest BCUT2D eigenvalue weighted by molar-refractivity contribution is 9.10. The molecule has 0 saturated carbocycles. The predicted octanol–water partition coefficient (Wildman–Crippen LogP) is 4.06. The van der Waals surface area contributed by atoms with Crippen LogP contribution in [0.5, 0.6) is 0 Å². The summed E-state index contributed by atoms with van der Waals surface area (Å²) >= 11 is 3.62. The second kappa shape index (κ2) is 6.26. The van der Waals surface area contributed by atoms with Gasteiger partial charge in [0.2, 0.25) is 0 Å². The highest BCUT2D eigenvalue weighted by Crippen LogP contribution is 2.24. The normalized spacial score (nSPS) is 14.7. The van der Waals surface area contributed by atoms with Crippen LogP contribution in [-0.2, 0) is 19.5 Å². The van der Waals surface area contributed by atoms with E-state index in [1.54, 1.807) is 6.26 Å². The molecule has 1 aromatic carbocycles. The van der Waals surface area contributed by atoms with Gasteiger partial charge in [-0.25, -0.2) is 9.97 Å². The molecule has 0 atom stereocenters. The van der Waals surface area contributed by atoms with Gasteiger partial charge in [0.1, 0.15) is 0 Å². The monoisotopic (exact) mass is 369 g/mol. The summed E-state index contributed by atoms with van der Waals surface area (Å²) in [5.74, 6) is 1.40. The lowest BCUT2D eigenvalue weighted by Crippen LogP contribution is -2.31. The molecule has 0 bridgehead atoms. The number of halogens is 1. The van der Waals surface area contributed by atoms with Crippen molar-refractivity contribution in [1.82, 2.24) is 14.9 Å². The van der Waals surface area contributed by atoms with Gasteiger partial charge in [-0.15, -0.1) is 0 Å². The van der Waals surface area contributed by atoms with Gasteiger partial charge in [-0.2, -0.15) is 0 Å². The van der Waals surface area contributed by atoms with Crippen molar-refractivity contribution in [1.29, 1.82) is 0 Å². The van der Waals surface area contributed by atoms with Gasteiger partial charge in [0, 0.05) is 42.3 Å². The summed E-state index contributed by atoms with van der Waals surface area (Å²) in [4.78, 5) is 11.6. The number of furan rings is 1. The lowest BCUT2D eigenvalue weighted by Gasteiger charge is -2.28. The van der Waals surface area contributed by atoms with Crippen LogP contribution < -0.4 is 0 Å². The van der Waals surface area contributed by atoms with Crippen molar-refractivity contribution in [3.05, 3.63) is 70.2 Å². The molecule has 0 saturated heterocycles. The molecule has 0 spiro atoms. The Balaban J connectivity index is 1.53. The Hall–Kier alpha value is -1.98. The summed E-state index contributed by atoms with van der Waals surface area (Å²) in [7, 11) is 0. The van der Waals surface area contributed by atoms with E-state index in [-0.39, 0.29) is 0 Å². The zero-order chi connectivity index (χ0) is 15.6. The Bertz CT molecular complexity index is 817. The van der Waals surface area contributed by atoms with Gasteiger partial charge < -0.3 is 4.42 Å². The van der Waals surface area contributed by atoms with Crippen LogP contribution in [0.1, 0.15) is 16.8 Å². The molecule has 1 aliphatic rings. The molecule has 5 heteroatoms. The molecule has 1 aliphatic heterocycles. The summed E-state index contributed by atoms with van der Waals surface area (Å²) in [6.07, 6.45) is 4.53. The van der Waals surface area contributed by atoms with Gasteiger partial charge in [-0.1, -0.05) is 34.1 Å². The lowest BCUT2D eigenvalue weighted by atomic mass is 10.1. The fraction of sp³-hybridized carbons (Fsp3) is 0.222. The van der Waals surface area contributed by atoms with Crippen molar-refractivity contribution in [2.75, 3.05) is 6.54 Å². The van der Waals surface area contributed by atoms with Crippen molar-refractivity contribution in [2.24, 2.45) is 0 Å². The Kier molecular flexibility index (Phi) is 3.97. The SMILES string of the molecule is Brc1ccccc1CN1CCc2nc(-c3ccco3)ncc2C1. The van der Waals surface area contributed by atoms with Gasteiger partial charge in [0.25, 0.3) is 0 Å². The van der Waals surface area contributed by atoms with Gasteiger partial charge in [-0.3, -0.25) is 4.90 Å². The average Bonchev–Trinajstić information content (AvgIpc) is 3.11. The quantitative estimate of drug-likeness (QED) is 0.698. The number of benzene rings is 1. The molecule has 3 heterocycles. The molecule has 3 aromatic rings. The van der Waals surface area contributed by atoms with E-state index in [9.17, 15) is 0 Å². The minimum absolute atomic E-state index is 0.674. The zero-order valence-corrected chi connectivity index (χ0v) is 14.2. The molecule has 0 unspecified atom stereocenters. The Morgan fingerprint density at radius 1 is 1.17 bits per heavy atom. The molecule has 4 nitrogen and oxygen atoms in total. The molecule has 23 heavy (non-hydrogen) atoms. The summed E-state index contributed by atoms with van der Waals surface area (Å²) in [5.41, 5.74) is 3.65. The van der Waals surface area contributed by atoms with E-state index in [4.69, 9.17) is 4.42 Å². The van der Waals surface area contributed by atoms with Gasteiger partial charge >= 0.3 is 0 Å². The summed E-state index contributed by atoms with van der Waals surface area (Å²) in [5, 5.41) is 0. The van der Waals surface area contributed by atoms with E-state index < -0.39 is 0 Å². The summed E-state index contributed by atoms with van der Waals surface area (Å²) < 4.78 is 6.55. The fourth-order valence-electron chi connectivity index (χ4n) is 2.90. The first-order chi connectivity index (χ1) is 11.3. The first kappa shape index (κ1) is 14.6. The fourth-order valence-corrected chi connectivity index (χ4v) is 3.31. The Labute approximate surface area is 143 Å². The highest BCUT2D eigenvalue weighted by atomic mass is 79.9. The van der Waals surface area contributed by atoms with E-state index in [1.165, 1.54) is 11.1 Å². The molecule has 116 valence electrons. The van der Waals surface area contributed by atoms with Gasteiger partial charge in [0.15, 0.2) is 11.6 Å². The second-order valence-corrected chi connectivity index (χ2v) is 6.55. The number of fused-ring (bicyclic) bond motifs is 1. The van der Waals surface area contributed by atoms with Crippen LogP contribution in [0.3, 0.4) is 0 Å². The van der Waals surface area contributed by atoms with Crippen LogP contribution in [0.4, 0.5) is 0 Å². The molecular formula is C18H16BrN3O.